The summed E-state index contributed by atoms with van der Waals surface area (Å²) in [7, 11) is 0. The number of carbonyl (C=O) groups is 1. The van der Waals surface area contributed by atoms with Crippen LogP contribution in [0.25, 0.3) is 0 Å². The second kappa shape index (κ2) is 5.63. The summed E-state index contributed by atoms with van der Waals surface area (Å²) in [6.45, 7) is 0. The number of nitro groups is 1. The van der Waals surface area contributed by atoms with Crippen molar-refractivity contribution in [2.75, 3.05) is 0 Å². The molecule has 2 rings (SSSR count). The van der Waals surface area contributed by atoms with E-state index in [1.165, 1.54) is 30.6 Å². The number of nitrogens with zero attached hydrogens (tertiary/aromatic N) is 2. The number of hydrogen-bond acceptors (Lipinski definition) is 4. The van der Waals surface area contributed by atoms with Crippen molar-refractivity contribution in [1.29, 1.82) is 0 Å². The van der Waals surface area contributed by atoms with Gasteiger partial charge in [0.1, 0.15) is 0 Å². The molecular formula is C14H9N3O3. The third-order valence-electron chi connectivity index (χ3n) is 2.43. The molecule has 1 amide bonds. The lowest BCUT2D eigenvalue weighted by Crippen LogP contribution is -2.11. The molecule has 1 aromatic heterocycles. The zero-order valence-corrected chi connectivity index (χ0v) is 10.2. The molecule has 1 aromatic carbocycles. The van der Waals surface area contributed by atoms with Gasteiger partial charge in [0.25, 0.3) is 5.69 Å². The van der Waals surface area contributed by atoms with E-state index in [-0.39, 0.29) is 11.3 Å². The molecule has 6 heteroatoms. The van der Waals surface area contributed by atoms with Gasteiger partial charge in [0.15, 0.2) is 0 Å². The molecule has 98 valence electrons. The summed E-state index contributed by atoms with van der Waals surface area (Å²) >= 11 is 0. The van der Waals surface area contributed by atoms with Gasteiger partial charge in [-0.3, -0.25) is 19.9 Å². The number of rotatable bonds is 2. The molecule has 20 heavy (non-hydrogen) atoms. The predicted molar refractivity (Wildman–Crippen MR) is 71.8 cm³/mol. The van der Waals surface area contributed by atoms with Gasteiger partial charge in [0.2, 0.25) is 5.91 Å². The molecule has 0 fully saturated rings. The number of nitrogens with two attached hydrogens (primary N) is 1. The Morgan fingerprint density at radius 1 is 1.20 bits per heavy atom. The first-order valence-electron chi connectivity index (χ1n) is 5.57. The molecule has 6 nitrogen and oxygen atoms in total. The summed E-state index contributed by atoms with van der Waals surface area (Å²) in [5.41, 5.74) is 6.38. The zero-order chi connectivity index (χ0) is 14.5. The number of hydrogen-bond donors (Lipinski definition) is 1. The summed E-state index contributed by atoms with van der Waals surface area (Å²) in [6, 6.07) is 7.49. The Hall–Kier alpha value is -3.20. The average Bonchev–Trinajstić information content (AvgIpc) is 2.45. The lowest BCUT2D eigenvalue weighted by atomic mass is 10.1. The lowest BCUT2D eigenvalue weighted by molar-refractivity contribution is -0.384. The van der Waals surface area contributed by atoms with Gasteiger partial charge in [-0.1, -0.05) is 17.9 Å². The van der Waals surface area contributed by atoms with Crippen LogP contribution in [0.3, 0.4) is 0 Å². The zero-order valence-electron chi connectivity index (χ0n) is 10.2. The molecule has 0 bridgehead atoms. The van der Waals surface area contributed by atoms with Crippen molar-refractivity contribution in [2.24, 2.45) is 5.73 Å². The fourth-order valence-corrected chi connectivity index (χ4v) is 1.48. The van der Waals surface area contributed by atoms with E-state index in [9.17, 15) is 14.9 Å². The van der Waals surface area contributed by atoms with Gasteiger partial charge in [0, 0.05) is 35.7 Å². The lowest BCUT2D eigenvalue weighted by Gasteiger charge is -1.95. The first kappa shape index (κ1) is 13.2. The standard InChI is InChI=1S/C14H9N3O3/c15-14(18)12-6-11(8-16-9-12)5-4-10-2-1-3-13(7-10)17(19)20/h1-3,6-9H,(H2,15,18). The predicted octanol–water partition coefficient (Wildman–Crippen LogP) is 1.49. The highest BCUT2D eigenvalue weighted by Gasteiger charge is 2.04. The van der Waals surface area contributed by atoms with E-state index >= 15 is 0 Å². The van der Waals surface area contributed by atoms with E-state index in [4.69, 9.17) is 5.73 Å². The average molecular weight is 267 g/mol. The largest absolute Gasteiger partial charge is 0.366 e. The van der Waals surface area contributed by atoms with Crippen molar-refractivity contribution in [1.82, 2.24) is 4.98 Å². The molecule has 0 saturated carbocycles. The third kappa shape index (κ3) is 3.17. The number of benzene rings is 1. The smallest absolute Gasteiger partial charge is 0.270 e. The van der Waals surface area contributed by atoms with Crippen molar-refractivity contribution in [3.05, 3.63) is 69.5 Å². The molecule has 0 saturated heterocycles. The Kier molecular flexibility index (Phi) is 3.72. The number of nitro benzene ring substituents is 1. The first-order chi connectivity index (χ1) is 9.56. The topological polar surface area (TPSA) is 99.1 Å². The minimum atomic E-state index is -0.587. The monoisotopic (exact) mass is 267 g/mol. The van der Waals surface area contributed by atoms with Crippen LogP contribution in [0.2, 0.25) is 0 Å². The highest BCUT2D eigenvalue weighted by atomic mass is 16.6. The fraction of sp³-hybridized carbons (Fsp3) is 0. The summed E-state index contributed by atoms with van der Waals surface area (Å²) in [5, 5.41) is 10.6. The maximum atomic E-state index is 11.0. The van der Waals surface area contributed by atoms with Crippen LogP contribution in [0.1, 0.15) is 21.5 Å². The molecule has 0 unspecified atom stereocenters. The SMILES string of the molecule is NC(=O)c1cncc(C#Cc2cccc([N+](=O)[O-])c2)c1. The van der Waals surface area contributed by atoms with Crippen LogP contribution in [-0.4, -0.2) is 15.8 Å². The number of non-ortho nitro benzene ring substituents is 1. The van der Waals surface area contributed by atoms with E-state index in [1.54, 1.807) is 12.1 Å². The molecule has 1 heterocycles. The fourth-order valence-electron chi connectivity index (χ4n) is 1.48. The van der Waals surface area contributed by atoms with Gasteiger partial charge < -0.3 is 5.73 Å². The number of amides is 1. The molecule has 0 aliphatic rings. The van der Waals surface area contributed by atoms with E-state index in [0.29, 0.717) is 11.1 Å². The van der Waals surface area contributed by atoms with E-state index in [0.717, 1.165) is 0 Å². The van der Waals surface area contributed by atoms with Gasteiger partial charge in [0.05, 0.1) is 10.5 Å². The van der Waals surface area contributed by atoms with Crippen LogP contribution < -0.4 is 5.73 Å². The molecule has 0 atom stereocenters. The molecule has 2 aromatic rings. The molecule has 0 radical (unpaired) electrons. The summed E-state index contributed by atoms with van der Waals surface area (Å²) < 4.78 is 0. The molecule has 2 N–H and O–H groups in total. The second-order valence-corrected chi connectivity index (χ2v) is 3.88. The normalized spacial score (nSPS) is 9.40. The van der Waals surface area contributed by atoms with Crippen LogP contribution in [0.15, 0.2) is 42.7 Å². The molecule has 0 aliphatic heterocycles. The summed E-state index contributed by atoms with van der Waals surface area (Å²) in [6.07, 6.45) is 2.83. The van der Waals surface area contributed by atoms with Gasteiger partial charge >= 0.3 is 0 Å². The van der Waals surface area contributed by atoms with Crippen LogP contribution >= 0.6 is 0 Å². The number of primary amides is 1. The third-order valence-corrected chi connectivity index (χ3v) is 2.43. The molecule has 0 aliphatic carbocycles. The Morgan fingerprint density at radius 3 is 2.65 bits per heavy atom. The maximum absolute atomic E-state index is 11.0. The summed E-state index contributed by atoms with van der Waals surface area (Å²) in [4.78, 5) is 25.0. The molecular weight excluding hydrogens is 258 g/mol. The second-order valence-electron chi connectivity index (χ2n) is 3.88. The molecule has 0 spiro atoms. The van der Waals surface area contributed by atoms with E-state index < -0.39 is 10.8 Å². The Labute approximate surface area is 114 Å². The maximum Gasteiger partial charge on any atom is 0.270 e. The Morgan fingerprint density at radius 2 is 1.95 bits per heavy atom. The van der Waals surface area contributed by atoms with Crippen LogP contribution in [0, 0.1) is 22.0 Å². The van der Waals surface area contributed by atoms with Gasteiger partial charge in [-0.25, -0.2) is 0 Å². The van der Waals surface area contributed by atoms with Crippen LogP contribution in [-0.2, 0) is 0 Å². The minimum absolute atomic E-state index is 0.0270. The van der Waals surface area contributed by atoms with Crippen LogP contribution in [0.5, 0.6) is 0 Å². The minimum Gasteiger partial charge on any atom is -0.366 e. The highest BCUT2D eigenvalue weighted by molar-refractivity contribution is 5.92. The summed E-state index contributed by atoms with van der Waals surface area (Å²) in [5.74, 6) is 4.97. The Bertz CT molecular complexity index is 683. The van der Waals surface area contributed by atoms with Gasteiger partial charge in [-0.05, 0) is 12.1 Å². The van der Waals surface area contributed by atoms with Crippen molar-refractivity contribution >= 4 is 11.6 Å². The highest BCUT2D eigenvalue weighted by Crippen LogP contribution is 2.12. The quantitative estimate of drug-likeness (QED) is 0.506. The van der Waals surface area contributed by atoms with Gasteiger partial charge in [-0.2, -0.15) is 0 Å². The first-order valence-corrected chi connectivity index (χ1v) is 5.57. The number of pyridine rings is 1. The Balaban J connectivity index is 2.31. The van der Waals surface area contributed by atoms with Crippen molar-refractivity contribution in [3.63, 3.8) is 0 Å². The van der Waals surface area contributed by atoms with Crippen molar-refractivity contribution in [2.45, 2.75) is 0 Å². The van der Waals surface area contributed by atoms with E-state index in [1.807, 2.05) is 0 Å². The van der Waals surface area contributed by atoms with Gasteiger partial charge in [-0.15, -0.1) is 0 Å². The number of carbonyl (C=O) groups excluding carboxylic acids is 1. The van der Waals surface area contributed by atoms with Crippen molar-refractivity contribution in [3.8, 4) is 11.8 Å². The van der Waals surface area contributed by atoms with Crippen molar-refractivity contribution < 1.29 is 9.72 Å². The van der Waals surface area contributed by atoms with Crippen LogP contribution in [0.4, 0.5) is 5.69 Å². The number of aromatic nitrogens is 1. The van der Waals surface area contributed by atoms with E-state index in [2.05, 4.69) is 16.8 Å².